The first-order chi connectivity index (χ1) is 23.8. The van der Waals surface area contributed by atoms with Crippen LogP contribution in [0.2, 0.25) is 0 Å². The van der Waals surface area contributed by atoms with Crippen LogP contribution in [-0.2, 0) is 6.54 Å². The van der Waals surface area contributed by atoms with Gasteiger partial charge < -0.3 is 20.2 Å². The molecule has 3 N–H and O–H groups in total. The zero-order valence-corrected chi connectivity index (χ0v) is 26.2. The van der Waals surface area contributed by atoms with Crippen molar-refractivity contribution in [1.29, 1.82) is 0 Å². The number of carbonyl (C=O) groups is 2. The summed E-state index contributed by atoms with van der Waals surface area (Å²) in [5.74, 6) is -1.80. The third-order valence-corrected chi connectivity index (χ3v) is 8.81. The van der Waals surface area contributed by atoms with Crippen molar-refractivity contribution in [2.24, 2.45) is 4.99 Å². The Labute approximate surface area is 282 Å². The van der Waals surface area contributed by atoms with E-state index in [1.54, 1.807) is 60.7 Å². The fraction of sp³-hybridized carbons (Fsp3) is 0.0238. The van der Waals surface area contributed by atoms with Gasteiger partial charge in [0.15, 0.2) is 0 Å². The van der Waals surface area contributed by atoms with Crippen LogP contribution in [0.4, 0.5) is 17.1 Å². The number of aromatic carboxylic acids is 2. The molecule has 0 aliphatic carbocycles. The van der Waals surface area contributed by atoms with E-state index >= 15 is 0 Å². The second-order valence-electron chi connectivity index (χ2n) is 11.7. The van der Waals surface area contributed by atoms with E-state index in [2.05, 4.69) is 34.8 Å². The van der Waals surface area contributed by atoms with E-state index in [-0.39, 0.29) is 16.9 Å². The van der Waals surface area contributed by atoms with Gasteiger partial charge in [0.1, 0.15) is 5.75 Å². The number of hydrogen-bond acceptors (Lipinski definition) is 5. The first-order valence-corrected chi connectivity index (χ1v) is 15.6. The van der Waals surface area contributed by atoms with Gasteiger partial charge in [-0.1, -0.05) is 84.9 Å². The smallest absolute Gasteiger partial charge is 0.335 e. The average molecular weight is 643 g/mol. The molecule has 7 aromatic carbocycles. The number of aromatic hydroxyl groups is 1. The summed E-state index contributed by atoms with van der Waals surface area (Å²) in [6.45, 7) is 4.37. The molecule has 0 saturated carbocycles. The Hall–Kier alpha value is -6.73. The zero-order valence-electron chi connectivity index (χ0n) is 26.2. The molecule has 0 fully saturated rings. The number of benzene rings is 7. The van der Waals surface area contributed by atoms with Crippen molar-refractivity contribution in [3.63, 3.8) is 0 Å². The topological polar surface area (TPSA) is 110 Å². The van der Waals surface area contributed by atoms with Gasteiger partial charge >= 0.3 is 11.9 Å². The van der Waals surface area contributed by atoms with Gasteiger partial charge in [0, 0.05) is 22.0 Å². The summed E-state index contributed by atoms with van der Waals surface area (Å²) >= 11 is 0. The minimum atomic E-state index is -0.986. The normalized spacial score (nSPS) is 11.0. The van der Waals surface area contributed by atoms with Crippen molar-refractivity contribution in [1.82, 2.24) is 0 Å². The number of fused-ring (bicyclic) bond motifs is 3. The van der Waals surface area contributed by atoms with Gasteiger partial charge in [-0.25, -0.2) is 9.59 Å². The Morgan fingerprint density at radius 1 is 0.571 bits per heavy atom. The highest BCUT2D eigenvalue weighted by Crippen LogP contribution is 2.48. The summed E-state index contributed by atoms with van der Waals surface area (Å²) in [5, 5.41) is 33.4. The molecular weight excluding hydrogens is 612 g/mol. The number of aliphatic imine (C=N–C) groups is 1. The van der Waals surface area contributed by atoms with E-state index in [4.69, 9.17) is 0 Å². The number of para-hydroxylation sites is 2. The fourth-order valence-electron chi connectivity index (χ4n) is 6.33. The largest absolute Gasteiger partial charge is 0.508 e. The van der Waals surface area contributed by atoms with Gasteiger partial charge in [-0.3, -0.25) is 4.99 Å². The number of carboxylic acids is 2. The van der Waals surface area contributed by atoms with Crippen molar-refractivity contribution in [3.8, 4) is 28.0 Å². The lowest BCUT2D eigenvalue weighted by Gasteiger charge is -2.29. The highest BCUT2D eigenvalue weighted by Gasteiger charge is 2.23. The summed E-state index contributed by atoms with van der Waals surface area (Å²) in [4.78, 5) is 29.8. The predicted octanol–water partition coefficient (Wildman–Crippen LogP) is 10.1. The Morgan fingerprint density at radius 3 is 1.59 bits per heavy atom. The van der Waals surface area contributed by atoms with Crippen LogP contribution in [0.25, 0.3) is 43.8 Å². The van der Waals surface area contributed by atoms with Gasteiger partial charge in [-0.2, -0.15) is 0 Å². The number of phenols is 1. The van der Waals surface area contributed by atoms with Crippen molar-refractivity contribution >= 4 is 57.3 Å². The molecule has 7 nitrogen and oxygen atoms in total. The Balaban J connectivity index is 1.53. The highest BCUT2D eigenvalue weighted by molar-refractivity contribution is 6.21. The van der Waals surface area contributed by atoms with Crippen LogP contribution in [0.15, 0.2) is 145 Å². The molecule has 49 heavy (non-hydrogen) atoms. The predicted molar refractivity (Wildman–Crippen MR) is 196 cm³/mol. The Morgan fingerprint density at radius 2 is 1.06 bits per heavy atom. The van der Waals surface area contributed by atoms with Crippen molar-refractivity contribution in [2.45, 2.75) is 6.54 Å². The molecule has 0 aromatic heterocycles. The molecule has 0 saturated heterocycles. The quantitative estimate of drug-likeness (QED) is 0.107. The Bertz CT molecular complexity index is 2390. The maximum atomic E-state index is 11.5. The maximum absolute atomic E-state index is 11.5. The van der Waals surface area contributed by atoms with Crippen LogP contribution in [0.5, 0.6) is 5.75 Å². The van der Waals surface area contributed by atoms with Crippen LogP contribution in [0.3, 0.4) is 0 Å². The summed E-state index contributed by atoms with van der Waals surface area (Å²) in [7, 11) is 0. The minimum Gasteiger partial charge on any atom is -0.508 e. The van der Waals surface area contributed by atoms with Crippen LogP contribution in [0, 0.1) is 0 Å². The van der Waals surface area contributed by atoms with E-state index in [0.717, 1.165) is 60.7 Å². The molecule has 0 aliphatic rings. The van der Waals surface area contributed by atoms with Gasteiger partial charge in [0.05, 0.1) is 29.0 Å². The monoisotopic (exact) mass is 642 g/mol. The summed E-state index contributed by atoms with van der Waals surface area (Å²) < 4.78 is 0. The van der Waals surface area contributed by atoms with Gasteiger partial charge in [-0.05, 0) is 94.3 Å². The first kappa shape index (κ1) is 30.9. The van der Waals surface area contributed by atoms with E-state index in [1.807, 2.05) is 60.7 Å². The molecule has 0 amide bonds. The number of rotatable bonds is 9. The lowest BCUT2D eigenvalue weighted by atomic mass is 9.91. The van der Waals surface area contributed by atoms with Gasteiger partial charge in [0.2, 0.25) is 0 Å². The molecule has 7 heteroatoms. The molecule has 0 heterocycles. The molecule has 7 aromatic rings. The van der Waals surface area contributed by atoms with Crippen LogP contribution < -0.4 is 4.90 Å². The van der Waals surface area contributed by atoms with Crippen LogP contribution >= 0.6 is 0 Å². The number of carboxylic acid groups (broad SMARTS) is 2. The van der Waals surface area contributed by atoms with E-state index in [9.17, 15) is 24.9 Å². The second kappa shape index (κ2) is 12.8. The standard InChI is InChI=1S/C42H30N2O5/c1-43-39-36-23-30(26-11-15-28(16-12-26)41(46)47)19-21-34(36)35-22-20-31(27-13-17-29(18-14-27)42(48)49)24-37(35)40(39)44(33-8-3-2-4-9-33)25-32-7-5-6-10-38(32)45/h2-24,45H,1,25H2,(H,46,47)(H,48,49). The van der Waals surface area contributed by atoms with Crippen molar-refractivity contribution in [2.75, 3.05) is 4.90 Å². The molecule has 0 bridgehead atoms. The summed E-state index contributed by atoms with van der Waals surface area (Å²) in [5.41, 5.74) is 6.96. The maximum Gasteiger partial charge on any atom is 0.335 e. The molecule has 238 valence electrons. The Kier molecular flexibility index (Phi) is 8.08. The van der Waals surface area contributed by atoms with Crippen molar-refractivity contribution in [3.05, 3.63) is 156 Å². The molecule has 0 unspecified atom stereocenters. The van der Waals surface area contributed by atoms with Crippen molar-refractivity contribution < 1.29 is 24.9 Å². The van der Waals surface area contributed by atoms with Gasteiger partial charge in [-0.15, -0.1) is 0 Å². The number of phenolic OH excluding ortho intramolecular Hbond substituents is 1. The second-order valence-corrected chi connectivity index (χ2v) is 11.7. The minimum absolute atomic E-state index is 0.174. The SMILES string of the molecule is C=Nc1c(N(Cc2ccccc2O)c2ccccc2)c2cc(-c3ccc(C(=O)O)cc3)ccc2c2ccc(-c3ccc(C(=O)O)cc3)cc12. The molecule has 0 aliphatic heterocycles. The summed E-state index contributed by atoms with van der Waals surface area (Å²) in [6, 6.07) is 43.0. The zero-order chi connectivity index (χ0) is 34.1. The lowest BCUT2D eigenvalue weighted by molar-refractivity contribution is 0.0686. The molecule has 7 rings (SSSR count). The van der Waals surface area contributed by atoms with E-state index in [0.29, 0.717) is 12.2 Å². The fourth-order valence-corrected chi connectivity index (χ4v) is 6.33. The first-order valence-electron chi connectivity index (χ1n) is 15.6. The summed E-state index contributed by atoms with van der Waals surface area (Å²) in [6.07, 6.45) is 0. The third kappa shape index (κ3) is 5.85. The number of anilines is 2. The van der Waals surface area contributed by atoms with Crippen LogP contribution in [-0.4, -0.2) is 34.0 Å². The van der Waals surface area contributed by atoms with E-state index < -0.39 is 11.9 Å². The number of nitrogens with zero attached hydrogens (tertiary/aromatic N) is 2. The van der Waals surface area contributed by atoms with Gasteiger partial charge in [0.25, 0.3) is 0 Å². The molecule has 0 atom stereocenters. The van der Waals surface area contributed by atoms with E-state index in [1.165, 1.54) is 0 Å². The lowest BCUT2D eigenvalue weighted by Crippen LogP contribution is -2.17. The molecule has 0 radical (unpaired) electrons. The molecular formula is C42H30N2O5. The van der Waals surface area contributed by atoms with Crippen LogP contribution in [0.1, 0.15) is 26.3 Å². The molecule has 0 spiro atoms. The third-order valence-electron chi connectivity index (χ3n) is 8.81. The number of hydrogen-bond donors (Lipinski definition) is 3. The average Bonchev–Trinajstić information content (AvgIpc) is 3.14. The highest BCUT2D eigenvalue weighted by atomic mass is 16.4.